The van der Waals surface area contributed by atoms with Crippen LogP contribution in [0.15, 0.2) is 27.4 Å². The van der Waals surface area contributed by atoms with E-state index in [2.05, 4.69) is 9.97 Å². The minimum atomic E-state index is -1.01. The zero-order chi connectivity index (χ0) is 16.8. The first-order valence-corrected chi connectivity index (χ1v) is 7.58. The van der Waals surface area contributed by atoms with E-state index < -0.39 is 17.7 Å². The summed E-state index contributed by atoms with van der Waals surface area (Å²) >= 11 is 0. The highest BCUT2D eigenvalue weighted by Gasteiger charge is 2.32. The van der Waals surface area contributed by atoms with Gasteiger partial charge in [0.15, 0.2) is 0 Å². The predicted octanol–water partition coefficient (Wildman–Crippen LogP) is 2.49. The van der Waals surface area contributed by atoms with Crippen LogP contribution in [-0.4, -0.2) is 39.7 Å². The number of hydrogen-bond donors (Lipinski definition) is 2. The molecule has 8 nitrogen and oxygen atoms in total. The lowest BCUT2D eigenvalue weighted by atomic mass is 10.2. The summed E-state index contributed by atoms with van der Waals surface area (Å²) in [5.74, 6) is 0.972. The summed E-state index contributed by atoms with van der Waals surface area (Å²) in [6, 6.07) is 4.76. The number of H-pyrrole nitrogens is 1. The Labute approximate surface area is 135 Å². The van der Waals surface area contributed by atoms with E-state index in [1.807, 2.05) is 0 Å². The Morgan fingerprint density at radius 1 is 1.50 bits per heavy atom. The van der Waals surface area contributed by atoms with E-state index in [-0.39, 0.29) is 5.58 Å². The molecule has 1 atom stereocenters. The molecule has 1 saturated heterocycles. The summed E-state index contributed by atoms with van der Waals surface area (Å²) in [5.41, 5.74) is 0.659. The first kappa shape index (κ1) is 14.6. The molecule has 0 saturated carbocycles. The van der Waals surface area contributed by atoms with Crippen molar-refractivity contribution >= 4 is 28.2 Å². The fourth-order valence-electron chi connectivity index (χ4n) is 3.21. The number of ether oxygens (including phenoxy) is 1. The number of methoxy groups -OCH3 is 1. The Morgan fingerprint density at radius 2 is 2.33 bits per heavy atom. The summed E-state index contributed by atoms with van der Waals surface area (Å²) in [6.45, 7) is 0.432. The zero-order valence-corrected chi connectivity index (χ0v) is 12.9. The van der Waals surface area contributed by atoms with Gasteiger partial charge in [0, 0.05) is 6.54 Å². The molecular weight excluding hydrogens is 314 g/mol. The van der Waals surface area contributed by atoms with Crippen molar-refractivity contribution in [2.24, 2.45) is 0 Å². The number of fused-ring (bicyclic) bond motifs is 3. The minimum absolute atomic E-state index is 0.127. The topological polar surface area (TPSA) is 109 Å². The number of nitrogens with one attached hydrogen (secondary N) is 1. The third-order valence-electron chi connectivity index (χ3n) is 4.36. The van der Waals surface area contributed by atoms with Gasteiger partial charge in [-0.15, -0.1) is 0 Å². The van der Waals surface area contributed by atoms with Crippen LogP contribution in [0, 0.1) is 0 Å². The molecular formula is C16H15N3O5. The number of aromatic nitrogens is 2. The molecule has 24 heavy (non-hydrogen) atoms. The molecule has 2 aromatic heterocycles. The smallest absolute Gasteiger partial charge is 0.407 e. The number of hydrogen-bond acceptors (Lipinski definition) is 5. The Balaban J connectivity index is 1.93. The number of nitrogens with zero attached hydrogens (tertiary/aromatic N) is 2. The largest absolute Gasteiger partial charge is 0.497 e. The molecule has 3 aromatic rings. The maximum absolute atomic E-state index is 12.4. The SMILES string of the molecule is COc1ccc2oc3c(=O)[nH]c([C@H]4CCCN4C(=O)O)nc3c2c1. The molecule has 1 fully saturated rings. The maximum Gasteiger partial charge on any atom is 0.407 e. The van der Waals surface area contributed by atoms with Crippen molar-refractivity contribution in [3.05, 3.63) is 34.4 Å². The van der Waals surface area contributed by atoms with E-state index in [9.17, 15) is 14.7 Å². The van der Waals surface area contributed by atoms with E-state index in [4.69, 9.17) is 9.15 Å². The van der Waals surface area contributed by atoms with Crippen LogP contribution >= 0.6 is 0 Å². The highest BCUT2D eigenvalue weighted by atomic mass is 16.5. The number of likely N-dealkylation sites (tertiary alicyclic amines) is 1. The van der Waals surface area contributed by atoms with Gasteiger partial charge in [-0.3, -0.25) is 9.69 Å². The molecule has 0 aliphatic carbocycles. The molecule has 8 heteroatoms. The van der Waals surface area contributed by atoms with E-state index in [0.29, 0.717) is 41.0 Å². The zero-order valence-electron chi connectivity index (χ0n) is 12.9. The molecule has 4 rings (SSSR count). The molecule has 0 bridgehead atoms. The third-order valence-corrected chi connectivity index (χ3v) is 4.36. The quantitative estimate of drug-likeness (QED) is 0.747. The number of carboxylic acid groups (broad SMARTS) is 1. The number of furan rings is 1. The molecule has 1 aliphatic rings. The Bertz CT molecular complexity index is 1010. The molecule has 0 spiro atoms. The molecule has 1 aromatic carbocycles. The predicted molar refractivity (Wildman–Crippen MR) is 85.4 cm³/mol. The van der Waals surface area contributed by atoms with Gasteiger partial charge >= 0.3 is 6.09 Å². The van der Waals surface area contributed by atoms with Gasteiger partial charge in [0.25, 0.3) is 5.56 Å². The average molecular weight is 329 g/mol. The van der Waals surface area contributed by atoms with Crippen LogP contribution in [0.25, 0.3) is 22.1 Å². The summed E-state index contributed by atoms with van der Waals surface area (Å²) in [4.78, 5) is 32.2. The third kappa shape index (κ3) is 2.10. The van der Waals surface area contributed by atoms with Crippen molar-refractivity contribution in [3.8, 4) is 5.75 Å². The first-order valence-electron chi connectivity index (χ1n) is 7.58. The van der Waals surface area contributed by atoms with Crippen LogP contribution in [-0.2, 0) is 0 Å². The number of aromatic amines is 1. The van der Waals surface area contributed by atoms with Gasteiger partial charge in [0.2, 0.25) is 5.58 Å². The van der Waals surface area contributed by atoms with Crippen LogP contribution < -0.4 is 10.3 Å². The molecule has 1 aliphatic heterocycles. The highest BCUT2D eigenvalue weighted by molar-refractivity contribution is 6.02. The van der Waals surface area contributed by atoms with Crippen molar-refractivity contribution in [1.29, 1.82) is 0 Å². The second-order valence-electron chi connectivity index (χ2n) is 5.73. The van der Waals surface area contributed by atoms with E-state index in [1.54, 1.807) is 25.3 Å². The lowest BCUT2D eigenvalue weighted by Crippen LogP contribution is -2.30. The van der Waals surface area contributed by atoms with Gasteiger partial charge in [0.05, 0.1) is 18.5 Å². The minimum Gasteiger partial charge on any atom is -0.497 e. The number of carbonyl (C=O) groups is 1. The second-order valence-corrected chi connectivity index (χ2v) is 5.73. The molecule has 0 unspecified atom stereocenters. The highest BCUT2D eigenvalue weighted by Crippen LogP contribution is 2.32. The van der Waals surface area contributed by atoms with Gasteiger partial charge in [-0.25, -0.2) is 9.78 Å². The van der Waals surface area contributed by atoms with Crippen LogP contribution in [0.2, 0.25) is 0 Å². The molecule has 3 heterocycles. The summed E-state index contributed by atoms with van der Waals surface area (Å²) < 4.78 is 10.8. The molecule has 2 N–H and O–H groups in total. The average Bonchev–Trinajstić information content (AvgIpc) is 3.19. The fraction of sp³-hybridized carbons (Fsp3) is 0.312. The Morgan fingerprint density at radius 3 is 3.08 bits per heavy atom. The van der Waals surface area contributed by atoms with Crippen LogP contribution in [0.4, 0.5) is 4.79 Å². The van der Waals surface area contributed by atoms with Crippen molar-refractivity contribution < 1.29 is 19.1 Å². The lowest BCUT2D eigenvalue weighted by molar-refractivity contribution is 0.138. The number of benzene rings is 1. The van der Waals surface area contributed by atoms with Gasteiger partial charge in [-0.2, -0.15) is 0 Å². The molecule has 0 radical (unpaired) electrons. The van der Waals surface area contributed by atoms with E-state index in [0.717, 1.165) is 6.42 Å². The lowest BCUT2D eigenvalue weighted by Gasteiger charge is -2.20. The standard InChI is InChI=1S/C16H15N3O5/c1-23-8-4-5-11-9(7-8)12-13(24-11)15(20)18-14(17-12)10-3-2-6-19(10)16(21)22/h4-5,7,10H,2-3,6H2,1H3,(H,21,22)(H,17,18,20)/t10-/m1/s1. The summed E-state index contributed by atoms with van der Waals surface area (Å²) in [6.07, 6.45) is 0.345. The fourth-order valence-corrected chi connectivity index (χ4v) is 3.21. The normalized spacial score (nSPS) is 17.7. The van der Waals surface area contributed by atoms with Gasteiger partial charge in [-0.05, 0) is 31.0 Å². The van der Waals surface area contributed by atoms with Crippen LogP contribution in [0.1, 0.15) is 24.7 Å². The Kier molecular flexibility index (Phi) is 3.19. The monoisotopic (exact) mass is 329 g/mol. The van der Waals surface area contributed by atoms with Crippen molar-refractivity contribution in [2.45, 2.75) is 18.9 Å². The number of rotatable bonds is 2. The van der Waals surface area contributed by atoms with E-state index in [1.165, 1.54) is 4.90 Å². The first-order chi connectivity index (χ1) is 11.6. The van der Waals surface area contributed by atoms with Gasteiger partial charge in [-0.1, -0.05) is 0 Å². The molecule has 1 amide bonds. The maximum atomic E-state index is 12.4. The Hall–Kier alpha value is -3.03. The van der Waals surface area contributed by atoms with Gasteiger partial charge in [0.1, 0.15) is 22.7 Å². The van der Waals surface area contributed by atoms with Crippen molar-refractivity contribution in [1.82, 2.24) is 14.9 Å². The summed E-state index contributed by atoms with van der Waals surface area (Å²) in [5, 5.41) is 9.96. The summed E-state index contributed by atoms with van der Waals surface area (Å²) in [7, 11) is 1.55. The van der Waals surface area contributed by atoms with E-state index >= 15 is 0 Å². The van der Waals surface area contributed by atoms with Crippen LogP contribution in [0.5, 0.6) is 5.75 Å². The number of amides is 1. The van der Waals surface area contributed by atoms with Crippen molar-refractivity contribution in [3.63, 3.8) is 0 Å². The van der Waals surface area contributed by atoms with Crippen molar-refractivity contribution in [2.75, 3.05) is 13.7 Å². The van der Waals surface area contributed by atoms with Gasteiger partial charge < -0.3 is 19.2 Å². The second kappa shape index (κ2) is 5.26. The van der Waals surface area contributed by atoms with Crippen LogP contribution in [0.3, 0.4) is 0 Å². The molecule has 124 valence electrons.